The van der Waals surface area contributed by atoms with E-state index in [0.29, 0.717) is 6.42 Å². The summed E-state index contributed by atoms with van der Waals surface area (Å²) in [7, 11) is 0. The van der Waals surface area contributed by atoms with E-state index in [1.54, 1.807) is 6.20 Å². The van der Waals surface area contributed by atoms with Crippen molar-refractivity contribution in [3.63, 3.8) is 0 Å². The number of likely N-dealkylation sites (tertiary alicyclic amines) is 1. The number of nitrogens with one attached hydrogen (secondary N) is 1. The van der Waals surface area contributed by atoms with Gasteiger partial charge in [0.15, 0.2) is 0 Å². The van der Waals surface area contributed by atoms with Gasteiger partial charge in [0.25, 0.3) is 0 Å². The van der Waals surface area contributed by atoms with Gasteiger partial charge in [-0.3, -0.25) is 9.78 Å². The predicted octanol–water partition coefficient (Wildman–Crippen LogP) is 3.17. The second-order valence-corrected chi connectivity index (χ2v) is 6.37. The number of nitrogens with zero attached hydrogens (tertiary/aromatic N) is 3. The molecule has 0 spiro atoms. The van der Waals surface area contributed by atoms with Gasteiger partial charge in [0.05, 0.1) is 23.5 Å². The molecule has 3 aromatic rings. The van der Waals surface area contributed by atoms with E-state index in [1.807, 2.05) is 48.2 Å². The standard InChI is InChI=1S/C19H20N4O/c1-13-8-9-14(12-20-13)11-18(24)23-10-4-7-17(23)19-21-15-5-2-3-6-16(15)22-19/h2-3,5-6,8-9,12,17H,4,7,10-11H2,1H3,(H,21,22). The lowest BCUT2D eigenvalue weighted by molar-refractivity contribution is -0.131. The van der Waals surface area contributed by atoms with Crippen molar-refractivity contribution < 1.29 is 4.79 Å². The zero-order chi connectivity index (χ0) is 16.5. The number of hydrogen-bond acceptors (Lipinski definition) is 3. The quantitative estimate of drug-likeness (QED) is 0.806. The molecule has 1 aliphatic rings. The Bertz CT molecular complexity index is 835. The Labute approximate surface area is 140 Å². The molecule has 5 heteroatoms. The van der Waals surface area contributed by atoms with Crippen molar-refractivity contribution in [1.29, 1.82) is 0 Å². The second-order valence-electron chi connectivity index (χ2n) is 6.37. The molecule has 0 radical (unpaired) electrons. The molecule has 1 aromatic carbocycles. The monoisotopic (exact) mass is 320 g/mol. The summed E-state index contributed by atoms with van der Waals surface area (Å²) in [5.74, 6) is 1.03. The van der Waals surface area contributed by atoms with Gasteiger partial charge >= 0.3 is 0 Å². The van der Waals surface area contributed by atoms with E-state index in [2.05, 4.69) is 15.0 Å². The fourth-order valence-electron chi connectivity index (χ4n) is 3.36. The molecule has 1 amide bonds. The van der Waals surface area contributed by atoms with Crippen LogP contribution in [0.3, 0.4) is 0 Å². The number of aromatic amines is 1. The number of carbonyl (C=O) groups is 1. The summed E-state index contributed by atoms with van der Waals surface area (Å²) in [5.41, 5.74) is 3.90. The van der Waals surface area contributed by atoms with Gasteiger partial charge in [-0.1, -0.05) is 18.2 Å². The zero-order valence-corrected chi connectivity index (χ0v) is 13.7. The first-order chi connectivity index (χ1) is 11.7. The summed E-state index contributed by atoms with van der Waals surface area (Å²) >= 11 is 0. The van der Waals surface area contributed by atoms with Crippen molar-refractivity contribution in [1.82, 2.24) is 19.9 Å². The molecule has 1 saturated heterocycles. The molecule has 1 atom stereocenters. The summed E-state index contributed by atoms with van der Waals surface area (Å²) in [5, 5.41) is 0. The largest absolute Gasteiger partial charge is 0.340 e. The summed E-state index contributed by atoms with van der Waals surface area (Å²) in [6.07, 6.45) is 4.15. The van der Waals surface area contributed by atoms with Gasteiger partial charge in [-0.25, -0.2) is 4.98 Å². The lowest BCUT2D eigenvalue weighted by Crippen LogP contribution is -2.32. The van der Waals surface area contributed by atoms with Crippen LogP contribution in [0.2, 0.25) is 0 Å². The number of fused-ring (bicyclic) bond motifs is 1. The Morgan fingerprint density at radius 1 is 1.29 bits per heavy atom. The number of hydrogen-bond donors (Lipinski definition) is 1. The minimum Gasteiger partial charge on any atom is -0.340 e. The molecule has 1 N–H and O–H groups in total. The first kappa shape index (κ1) is 14.9. The van der Waals surface area contributed by atoms with Crippen LogP contribution in [-0.2, 0) is 11.2 Å². The molecule has 24 heavy (non-hydrogen) atoms. The number of para-hydroxylation sites is 2. The van der Waals surface area contributed by atoms with Gasteiger partial charge in [-0.05, 0) is 43.5 Å². The molecule has 0 aliphatic carbocycles. The SMILES string of the molecule is Cc1ccc(CC(=O)N2CCCC2c2nc3ccccc3[nH]2)cn1. The van der Waals surface area contributed by atoms with Crippen molar-refractivity contribution >= 4 is 16.9 Å². The van der Waals surface area contributed by atoms with Crippen molar-refractivity contribution in [3.05, 3.63) is 59.7 Å². The van der Waals surface area contributed by atoms with Crippen molar-refractivity contribution in [2.45, 2.75) is 32.2 Å². The van der Waals surface area contributed by atoms with Crippen LogP contribution in [0.4, 0.5) is 0 Å². The highest BCUT2D eigenvalue weighted by atomic mass is 16.2. The number of aryl methyl sites for hydroxylation is 1. The van der Waals surface area contributed by atoms with Crippen LogP contribution < -0.4 is 0 Å². The van der Waals surface area contributed by atoms with E-state index < -0.39 is 0 Å². The first-order valence-electron chi connectivity index (χ1n) is 8.36. The highest BCUT2D eigenvalue weighted by molar-refractivity contribution is 5.80. The maximum Gasteiger partial charge on any atom is 0.227 e. The predicted molar refractivity (Wildman–Crippen MR) is 92.5 cm³/mol. The van der Waals surface area contributed by atoms with Crippen LogP contribution in [0.15, 0.2) is 42.6 Å². The molecule has 5 nitrogen and oxygen atoms in total. The third-order valence-corrected chi connectivity index (χ3v) is 4.62. The maximum atomic E-state index is 12.8. The fraction of sp³-hybridized carbons (Fsp3) is 0.316. The number of aromatic nitrogens is 3. The van der Waals surface area contributed by atoms with Gasteiger partial charge in [-0.15, -0.1) is 0 Å². The molecule has 2 aromatic heterocycles. The molecule has 1 aliphatic heterocycles. The van der Waals surface area contributed by atoms with E-state index in [-0.39, 0.29) is 11.9 Å². The summed E-state index contributed by atoms with van der Waals surface area (Å²) in [6, 6.07) is 12.0. The minimum absolute atomic E-state index is 0.0447. The average molecular weight is 320 g/mol. The van der Waals surface area contributed by atoms with Gasteiger partial charge < -0.3 is 9.88 Å². The van der Waals surface area contributed by atoms with E-state index in [1.165, 1.54) is 0 Å². The summed E-state index contributed by atoms with van der Waals surface area (Å²) in [6.45, 7) is 2.74. The van der Waals surface area contributed by atoms with Crippen molar-refractivity contribution in [2.24, 2.45) is 0 Å². The third kappa shape index (κ3) is 2.77. The third-order valence-electron chi connectivity index (χ3n) is 4.62. The smallest absolute Gasteiger partial charge is 0.227 e. The number of imidazole rings is 1. The molecular formula is C19H20N4O. The summed E-state index contributed by atoms with van der Waals surface area (Å²) in [4.78, 5) is 27.0. The van der Waals surface area contributed by atoms with Crippen LogP contribution in [0.5, 0.6) is 0 Å². The molecular weight excluding hydrogens is 300 g/mol. The Hall–Kier alpha value is -2.69. The zero-order valence-electron chi connectivity index (χ0n) is 13.7. The number of rotatable bonds is 3. The van der Waals surface area contributed by atoms with Gasteiger partial charge in [-0.2, -0.15) is 0 Å². The van der Waals surface area contributed by atoms with Crippen LogP contribution in [0.1, 0.15) is 36.0 Å². The van der Waals surface area contributed by atoms with E-state index in [4.69, 9.17) is 0 Å². The molecule has 1 unspecified atom stereocenters. The highest BCUT2D eigenvalue weighted by Gasteiger charge is 2.31. The molecule has 4 rings (SSSR count). The highest BCUT2D eigenvalue weighted by Crippen LogP contribution is 2.31. The van der Waals surface area contributed by atoms with Crippen molar-refractivity contribution in [2.75, 3.05) is 6.54 Å². The van der Waals surface area contributed by atoms with Crippen LogP contribution in [-0.4, -0.2) is 32.3 Å². The average Bonchev–Trinajstić information content (AvgIpc) is 3.23. The fourth-order valence-corrected chi connectivity index (χ4v) is 3.36. The number of benzene rings is 1. The molecule has 0 bridgehead atoms. The van der Waals surface area contributed by atoms with Gasteiger partial charge in [0.2, 0.25) is 5.91 Å². The maximum absolute atomic E-state index is 12.8. The Morgan fingerprint density at radius 2 is 2.17 bits per heavy atom. The number of amides is 1. The van der Waals surface area contributed by atoms with E-state index >= 15 is 0 Å². The molecule has 1 fully saturated rings. The topological polar surface area (TPSA) is 61.9 Å². The van der Waals surface area contributed by atoms with Crippen LogP contribution in [0.25, 0.3) is 11.0 Å². The van der Waals surface area contributed by atoms with Crippen LogP contribution in [0, 0.1) is 6.92 Å². The number of H-pyrrole nitrogens is 1. The Kier molecular flexibility index (Phi) is 3.76. The number of pyridine rings is 1. The summed E-state index contributed by atoms with van der Waals surface area (Å²) < 4.78 is 0. The first-order valence-corrected chi connectivity index (χ1v) is 8.36. The molecule has 3 heterocycles. The molecule has 0 saturated carbocycles. The van der Waals surface area contributed by atoms with E-state index in [9.17, 15) is 4.79 Å². The molecule has 122 valence electrons. The number of carbonyl (C=O) groups excluding carboxylic acids is 1. The minimum atomic E-state index is 0.0447. The van der Waals surface area contributed by atoms with Gasteiger partial charge in [0.1, 0.15) is 5.82 Å². The lowest BCUT2D eigenvalue weighted by Gasteiger charge is -2.23. The lowest BCUT2D eigenvalue weighted by atomic mass is 10.1. The van der Waals surface area contributed by atoms with Crippen molar-refractivity contribution in [3.8, 4) is 0 Å². The second kappa shape index (κ2) is 6.07. The van der Waals surface area contributed by atoms with E-state index in [0.717, 1.165) is 47.5 Å². The van der Waals surface area contributed by atoms with Gasteiger partial charge in [0, 0.05) is 18.4 Å². The Morgan fingerprint density at radius 3 is 2.96 bits per heavy atom. The normalized spacial score (nSPS) is 17.5. The Balaban J connectivity index is 1.55. The van der Waals surface area contributed by atoms with Crippen LogP contribution >= 0.6 is 0 Å².